The summed E-state index contributed by atoms with van der Waals surface area (Å²) in [5.41, 5.74) is 11.7. The zero-order valence-corrected chi connectivity index (χ0v) is 28.5. The van der Waals surface area contributed by atoms with Gasteiger partial charge in [0.2, 0.25) is 0 Å². The Morgan fingerprint density at radius 1 is 0.327 bits per heavy atom. The number of benzene rings is 9. The fraction of sp³-hybridized carbons (Fsp3) is 0. The van der Waals surface area contributed by atoms with Crippen molar-refractivity contribution >= 4 is 60.4 Å². The van der Waals surface area contributed by atoms with Crippen molar-refractivity contribution in [3.05, 3.63) is 206 Å². The first-order valence-electron chi connectivity index (χ1n) is 17.8. The van der Waals surface area contributed by atoms with Crippen LogP contribution in [0.5, 0.6) is 0 Å². The van der Waals surface area contributed by atoms with Gasteiger partial charge in [-0.15, -0.1) is 0 Å². The molecule has 0 amide bonds. The second-order valence-corrected chi connectivity index (χ2v) is 13.4. The lowest BCUT2D eigenvalue weighted by atomic mass is 9.98. The molecule has 0 aliphatic rings. The second-order valence-electron chi connectivity index (χ2n) is 13.4. The van der Waals surface area contributed by atoms with Crippen LogP contribution in [0.3, 0.4) is 0 Å². The van der Waals surface area contributed by atoms with E-state index in [9.17, 15) is 0 Å². The maximum absolute atomic E-state index is 2.40. The third kappa shape index (κ3) is 5.12. The monoisotopic (exact) mass is 662 g/mol. The Bertz CT molecular complexity index is 2920. The number of nitrogens with zero attached hydrogens (tertiary/aromatic N) is 2. The van der Waals surface area contributed by atoms with Crippen molar-refractivity contribution in [2.75, 3.05) is 4.90 Å². The lowest BCUT2D eigenvalue weighted by Gasteiger charge is -2.27. The van der Waals surface area contributed by atoms with Crippen LogP contribution in [0.4, 0.5) is 17.1 Å². The Hall–Kier alpha value is -6.90. The zero-order chi connectivity index (χ0) is 34.4. The lowest BCUT2D eigenvalue weighted by molar-refractivity contribution is 1.18. The molecular weight excluding hydrogens is 629 g/mol. The van der Waals surface area contributed by atoms with Gasteiger partial charge >= 0.3 is 0 Å². The maximum atomic E-state index is 2.40. The highest BCUT2D eigenvalue weighted by molar-refractivity contribution is 6.16. The van der Waals surface area contributed by atoms with Gasteiger partial charge in [0, 0.05) is 33.5 Å². The molecule has 0 atom stereocenters. The van der Waals surface area contributed by atoms with E-state index in [0.717, 1.165) is 22.7 Å². The fourth-order valence-corrected chi connectivity index (χ4v) is 7.88. The first-order chi connectivity index (χ1) is 25.8. The minimum Gasteiger partial charge on any atom is -0.310 e. The van der Waals surface area contributed by atoms with Crippen molar-refractivity contribution in [2.45, 2.75) is 0 Å². The zero-order valence-electron chi connectivity index (χ0n) is 28.5. The van der Waals surface area contributed by atoms with E-state index in [2.05, 4.69) is 216 Å². The lowest BCUT2D eigenvalue weighted by Crippen LogP contribution is -2.10. The highest BCUT2D eigenvalue weighted by atomic mass is 15.1. The van der Waals surface area contributed by atoms with Crippen molar-refractivity contribution in [2.24, 2.45) is 0 Å². The standard InChI is InChI=1S/C50H34N2/c1-2-19-42(20-3-1)52-48-25-9-8-23-47(48)50-46(24-12-26-49(50)52)41-18-11-22-44(34-41)51(45-30-29-36-14-5-7-16-38(36)32-45)43-21-10-17-39(33-43)40-28-27-35-13-4-6-15-37(35)31-40/h1-34H. The molecule has 0 aliphatic heterocycles. The van der Waals surface area contributed by atoms with Gasteiger partial charge in [-0.3, -0.25) is 0 Å². The van der Waals surface area contributed by atoms with Crippen LogP contribution in [0.15, 0.2) is 206 Å². The normalized spacial score (nSPS) is 11.5. The molecule has 2 nitrogen and oxygen atoms in total. The van der Waals surface area contributed by atoms with E-state index < -0.39 is 0 Å². The van der Waals surface area contributed by atoms with Crippen LogP contribution < -0.4 is 4.90 Å². The van der Waals surface area contributed by atoms with Crippen molar-refractivity contribution in [3.63, 3.8) is 0 Å². The number of fused-ring (bicyclic) bond motifs is 5. The molecular formula is C50H34N2. The molecule has 0 spiro atoms. The predicted molar refractivity (Wildman–Crippen MR) is 221 cm³/mol. The number of anilines is 3. The van der Waals surface area contributed by atoms with Crippen molar-refractivity contribution in [1.82, 2.24) is 4.57 Å². The molecule has 0 aliphatic carbocycles. The number of para-hydroxylation sites is 2. The summed E-state index contributed by atoms with van der Waals surface area (Å²) in [6, 6.07) is 74.8. The van der Waals surface area contributed by atoms with Crippen LogP contribution in [0.25, 0.3) is 71.3 Å². The molecule has 0 N–H and O–H groups in total. The van der Waals surface area contributed by atoms with Gasteiger partial charge in [-0.1, -0.05) is 140 Å². The summed E-state index contributed by atoms with van der Waals surface area (Å²) in [4.78, 5) is 2.40. The average molecular weight is 663 g/mol. The molecule has 52 heavy (non-hydrogen) atoms. The fourth-order valence-electron chi connectivity index (χ4n) is 7.88. The van der Waals surface area contributed by atoms with Gasteiger partial charge in [0.1, 0.15) is 0 Å². The van der Waals surface area contributed by atoms with Gasteiger partial charge in [-0.05, 0) is 111 Å². The molecule has 2 heteroatoms. The summed E-state index contributed by atoms with van der Waals surface area (Å²) in [5.74, 6) is 0. The van der Waals surface area contributed by atoms with Gasteiger partial charge in [0.05, 0.1) is 11.0 Å². The molecule has 1 aromatic heterocycles. The highest BCUT2D eigenvalue weighted by Crippen LogP contribution is 2.42. The molecule has 0 radical (unpaired) electrons. The van der Waals surface area contributed by atoms with E-state index >= 15 is 0 Å². The molecule has 0 bridgehead atoms. The molecule has 0 fully saturated rings. The van der Waals surface area contributed by atoms with Gasteiger partial charge in [-0.2, -0.15) is 0 Å². The van der Waals surface area contributed by atoms with Crippen LogP contribution in [0, 0.1) is 0 Å². The Balaban J connectivity index is 1.16. The number of rotatable bonds is 6. The third-order valence-corrected chi connectivity index (χ3v) is 10.3. The number of aromatic nitrogens is 1. The molecule has 244 valence electrons. The summed E-state index contributed by atoms with van der Waals surface area (Å²) < 4.78 is 2.39. The second kappa shape index (κ2) is 12.5. The third-order valence-electron chi connectivity index (χ3n) is 10.3. The Labute approximate surface area is 303 Å². The van der Waals surface area contributed by atoms with Gasteiger partial charge in [0.25, 0.3) is 0 Å². The summed E-state index contributed by atoms with van der Waals surface area (Å²) in [6.07, 6.45) is 0. The SMILES string of the molecule is c1ccc(-n2c3ccccc3c3c(-c4cccc(N(c5cccc(-c6ccc7ccccc7c6)c5)c5ccc6ccccc6c5)c4)cccc32)cc1. The molecule has 0 saturated heterocycles. The maximum Gasteiger partial charge on any atom is 0.0547 e. The summed E-state index contributed by atoms with van der Waals surface area (Å²) >= 11 is 0. The number of hydrogen-bond acceptors (Lipinski definition) is 1. The predicted octanol–water partition coefficient (Wildman–Crippen LogP) is 13.9. The largest absolute Gasteiger partial charge is 0.310 e. The Kier molecular flexibility index (Phi) is 7.18. The number of hydrogen-bond donors (Lipinski definition) is 0. The van der Waals surface area contributed by atoms with E-state index in [4.69, 9.17) is 0 Å². The van der Waals surface area contributed by atoms with E-state index in [1.807, 2.05) is 0 Å². The molecule has 0 unspecified atom stereocenters. The van der Waals surface area contributed by atoms with Crippen molar-refractivity contribution in [3.8, 4) is 27.9 Å². The van der Waals surface area contributed by atoms with Crippen LogP contribution in [0.1, 0.15) is 0 Å². The van der Waals surface area contributed by atoms with E-state index in [0.29, 0.717) is 0 Å². The van der Waals surface area contributed by atoms with E-state index in [1.54, 1.807) is 0 Å². The van der Waals surface area contributed by atoms with E-state index in [-0.39, 0.29) is 0 Å². The summed E-state index contributed by atoms with van der Waals surface area (Å²) in [6.45, 7) is 0. The van der Waals surface area contributed by atoms with Crippen molar-refractivity contribution < 1.29 is 0 Å². The molecule has 10 rings (SSSR count). The Morgan fingerprint density at radius 3 is 1.67 bits per heavy atom. The Morgan fingerprint density at radius 2 is 0.885 bits per heavy atom. The van der Waals surface area contributed by atoms with Gasteiger partial charge < -0.3 is 9.47 Å². The van der Waals surface area contributed by atoms with Crippen molar-refractivity contribution in [1.29, 1.82) is 0 Å². The minimum atomic E-state index is 1.10. The topological polar surface area (TPSA) is 8.17 Å². The molecule has 1 heterocycles. The minimum absolute atomic E-state index is 1.10. The summed E-state index contributed by atoms with van der Waals surface area (Å²) in [5, 5.41) is 7.44. The van der Waals surface area contributed by atoms with Crippen LogP contribution in [0.2, 0.25) is 0 Å². The summed E-state index contributed by atoms with van der Waals surface area (Å²) in [7, 11) is 0. The van der Waals surface area contributed by atoms with Gasteiger partial charge in [-0.25, -0.2) is 0 Å². The molecule has 9 aromatic carbocycles. The quantitative estimate of drug-likeness (QED) is 0.172. The van der Waals surface area contributed by atoms with Crippen LogP contribution >= 0.6 is 0 Å². The van der Waals surface area contributed by atoms with Crippen LogP contribution in [-0.4, -0.2) is 4.57 Å². The highest BCUT2D eigenvalue weighted by Gasteiger charge is 2.19. The van der Waals surface area contributed by atoms with E-state index in [1.165, 1.54) is 65.6 Å². The van der Waals surface area contributed by atoms with Gasteiger partial charge in [0.15, 0.2) is 0 Å². The first kappa shape index (κ1) is 30.0. The van der Waals surface area contributed by atoms with Crippen LogP contribution in [-0.2, 0) is 0 Å². The molecule has 0 saturated carbocycles. The first-order valence-corrected chi connectivity index (χ1v) is 17.8. The average Bonchev–Trinajstić information content (AvgIpc) is 3.56. The molecule has 10 aromatic rings. The smallest absolute Gasteiger partial charge is 0.0547 e.